The molecule has 0 N–H and O–H groups in total. The van der Waals surface area contributed by atoms with Gasteiger partial charge < -0.3 is 4.90 Å². The maximum absolute atomic E-state index is 13.1. The molecular formula is C19H22F4N4O. The van der Waals surface area contributed by atoms with Crippen LogP contribution in [0.25, 0.3) is 0 Å². The lowest BCUT2D eigenvalue weighted by molar-refractivity contribution is -0.134. The number of carbonyl (C=O) groups excluding carboxylic acids is 1. The number of halogens is 4. The van der Waals surface area contributed by atoms with Gasteiger partial charge in [0.25, 0.3) is 12.9 Å². The van der Waals surface area contributed by atoms with Crippen molar-refractivity contribution in [2.24, 2.45) is 0 Å². The SMILES string of the molecule is Cc1ccccc1CN1CCN(C(=O)Cn2nc(C(F)F)cc2C(F)F)CC1. The maximum Gasteiger partial charge on any atom is 0.282 e. The summed E-state index contributed by atoms with van der Waals surface area (Å²) >= 11 is 0. The molecule has 0 spiro atoms. The highest BCUT2D eigenvalue weighted by atomic mass is 19.3. The first kappa shape index (κ1) is 20.3. The van der Waals surface area contributed by atoms with Gasteiger partial charge in [0.2, 0.25) is 5.91 Å². The van der Waals surface area contributed by atoms with Crippen molar-refractivity contribution in [3.63, 3.8) is 0 Å². The van der Waals surface area contributed by atoms with Crippen molar-refractivity contribution < 1.29 is 22.4 Å². The summed E-state index contributed by atoms with van der Waals surface area (Å²) in [6, 6.07) is 8.74. The average molecular weight is 398 g/mol. The number of rotatable bonds is 6. The Kier molecular flexibility index (Phi) is 6.33. The third kappa shape index (κ3) is 4.70. The molecule has 0 saturated carbocycles. The Morgan fingerprint density at radius 2 is 1.75 bits per heavy atom. The van der Waals surface area contributed by atoms with E-state index < -0.39 is 36.7 Å². The van der Waals surface area contributed by atoms with Gasteiger partial charge in [-0.3, -0.25) is 14.4 Å². The van der Waals surface area contributed by atoms with Crippen LogP contribution < -0.4 is 0 Å². The van der Waals surface area contributed by atoms with Crippen molar-refractivity contribution >= 4 is 5.91 Å². The third-order valence-corrected chi connectivity index (χ3v) is 4.94. The Morgan fingerprint density at radius 3 is 2.36 bits per heavy atom. The summed E-state index contributed by atoms with van der Waals surface area (Å²) in [5.74, 6) is -0.402. The number of carbonyl (C=O) groups is 1. The fraction of sp³-hybridized carbons (Fsp3) is 0.474. The molecule has 1 fully saturated rings. The first-order valence-electron chi connectivity index (χ1n) is 9.03. The highest BCUT2D eigenvalue weighted by molar-refractivity contribution is 5.76. The van der Waals surface area contributed by atoms with Crippen LogP contribution in [0, 0.1) is 6.92 Å². The normalized spacial score (nSPS) is 15.6. The van der Waals surface area contributed by atoms with Gasteiger partial charge in [0.15, 0.2) is 0 Å². The molecule has 152 valence electrons. The molecule has 1 amide bonds. The molecule has 1 aliphatic heterocycles. The van der Waals surface area contributed by atoms with E-state index in [0.717, 1.165) is 6.54 Å². The average Bonchev–Trinajstić information content (AvgIpc) is 3.08. The van der Waals surface area contributed by atoms with E-state index in [4.69, 9.17) is 0 Å². The zero-order chi connectivity index (χ0) is 20.3. The van der Waals surface area contributed by atoms with Crippen LogP contribution in [0.4, 0.5) is 17.6 Å². The predicted octanol–water partition coefficient (Wildman–Crippen LogP) is 3.41. The summed E-state index contributed by atoms with van der Waals surface area (Å²) in [6.45, 7) is 4.58. The molecule has 0 atom stereocenters. The first-order chi connectivity index (χ1) is 13.3. The Morgan fingerprint density at radius 1 is 1.07 bits per heavy atom. The molecule has 1 aromatic heterocycles. The quantitative estimate of drug-likeness (QED) is 0.701. The predicted molar refractivity (Wildman–Crippen MR) is 95.2 cm³/mol. The number of hydrogen-bond acceptors (Lipinski definition) is 3. The lowest BCUT2D eigenvalue weighted by Gasteiger charge is -2.35. The van der Waals surface area contributed by atoms with Crippen molar-refractivity contribution in [3.8, 4) is 0 Å². The van der Waals surface area contributed by atoms with Gasteiger partial charge in [-0.05, 0) is 24.1 Å². The fourth-order valence-electron chi connectivity index (χ4n) is 3.27. The summed E-state index contributed by atoms with van der Waals surface area (Å²) in [4.78, 5) is 16.2. The zero-order valence-electron chi connectivity index (χ0n) is 15.5. The molecular weight excluding hydrogens is 376 g/mol. The largest absolute Gasteiger partial charge is 0.339 e. The number of aromatic nitrogens is 2. The van der Waals surface area contributed by atoms with Crippen LogP contribution in [0.2, 0.25) is 0 Å². The van der Waals surface area contributed by atoms with Crippen LogP contribution >= 0.6 is 0 Å². The highest BCUT2D eigenvalue weighted by Gasteiger charge is 2.26. The monoisotopic (exact) mass is 398 g/mol. The number of benzene rings is 1. The number of hydrogen-bond donors (Lipinski definition) is 0. The minimum atomic E-state index is -2.97. The molecule has 2 aromatic rings. The fourth-order valence-corrected chi connectivity index (χ4v) is 3.27. The Hall–Kier alpha value is -2.42. The zero-order valence-corrected chi connectivity index (χ0v) is 15.5. The molecule has 3 rings (SSSR count). The molecule has 28 heavy (non-hydrogen) atoms. The summed E-state index contributed by atoms with van der Waals surface area (Å²) in [6.07, 6.45) is -5.93. The van der Waals surface area contributed by atoms with Crippen molar-refractivity contribution in [3.05, 3.63) is 52.8 Å². The van der Waals surface area contributed by atoms with Gasteiger partial charge in [-0.15, -0.1) is 0 Å². The van der Waals surface area contributed by atoms with Gasteiger partial charge >= 0.3 is 0 Å². The van der Waals surface area contributed by atoms with E-state index in [-0.39, 0.29) is 0 Å². The van der Waals surface area contributed by atoms with Gasteiger partial charge in [0, 0.05) is 32.7 Å². The van der Waals surface area contributed by atoms with Gasteiger partial charge in [-0.2, -0.15) is 5.10 Å². The summed E-state index contributed by atoms with van der Waals surface area (Å²) in [5.41, 5.74) is 1.02. The second-order valence-electron chi connectivity index (χ2n) is 6.84. The summed E-state index contributed by atoms with van der Waals surface area (Å²) in [7, 11) is 0. The van der Waals surface area contributed by atoms with Gasteiger partial charge in [0.05, 0.1) is 0 Å². The van der Waals surface area contributed by atoms with E-state index >= 15 is 0 Å². The third-order valence-electron chi connectivity index (χ3n) is 4.94. The lowest BCUT2D eigenvalue weighted by Crippen LogP contribution is -2.49. The number of piperazine rings is 1. The summed E-state index contributed by atoms with van der Waals surface area (Å²) < 4.78 is 52.3. The molecule has 1 aromatic carbocycles. The summed E-state index contributed by atoms with van der Waals surface area (Å²) in [5, 5.41) is 3.48. The Balaban J connectivity index is 1.58. The van der Waals surface area contributed by atoms with Crippen LogP contribution in [0.5, 0.6) is 0 Å². The van der Waals surface area contributed by atoms with E-state index in [2.05, 4.69) is 16.1 Å². The molecule has 1 saturated heterocycles. The Bertz CT molecular complexity index is 816. The number of aryl methyl sites for hydroxylation is 1. The molecule has 0 unspecified atom stereocenters. The number of amides is 1. The van der Waals surface area contributed by atoms with Crippen molar-refractivity contribution in [1.29, 1.82) is 0 Å². The molecule has 1 aliphatic rings. The van der Waals surface area contributed by atoms with Crippen molar-refractivity contribution in [2.75, 3.05) is 26.2 Å². The minimum absolute atomic E-state index is 0.402. The first-order valence-corrected chi connectivity index (χ1v) is 9.03. The van der Waals surface area contributed by atoms with Crippen LogP contribution in [-0.4, -0.2) is 51.7 Å². The van der Waals surface area contributed by atoms with E-state index in [1.807, 2.05) is 25.1 Å². The van der Waals surface area contributed by atoms with E-state index in [0.29, 0.717) is 36.9 Å². The Labute approximate surface area is 160 Å². The van der Waals surface area contributed by atoms with Crippen LogP contribution in [-0.2, 0) is 17.9 Å². The van der Waals surface area contributed by atoms with Crippen LogP contribution in [0.1, 0.15) is 35.4 Å². The number of alkyl halides is 4. The second kappa shape index (κ2) is 8.72. The standard InChI is InChI=1S/C19H22F4N4O/c1-13-4-2-3-5-14(13)11-25-6-8-26(9-7-25)17(28)12-27-16(19(22)23)10-15(24-27)18(20)21/h2-5,10,18-19H,6-9,11-12H2,1H3. The molecule has 9 heteroatoms. The van der Waals surface area contributed by atoms with Gasteiger partial charge in [-0.1, -0.05) is 24.3 Å². The molecule has 0 radical (unpaired) electrons. The van der Waals surface area contributed by atoms with Crippen LogP contribution in [0.3, 0.4) is 0 Å². The molecule has 0 bridgehead atoms. The van der Waals surface area contributed by atoms with E-state index in [1.165, 1.54) is 11.1 Å². The lowest BCUT2D eigenvalue weighted by atomic mass is 10.1. The number of nitrogens with zero attached hydrogens (tertiary/aromatic N) is 4. The smallest absolute Gasteiger partial charge is 0.282 e. The van der Waals surface area contributed by atoms with Gasteiger partial charge in [-0.25, -0.2) is 17.6 Å². The van der Waals surface area contributed by atoms with E-state index in [9.17, 15) is 22.4 Å². The minimum Gasteiger partial charge on any atom is -0.339 e. The molecule has 5 nitrogen and oxygen atoms in total. The van der Waals surface area contributed by atoms with E-state index in [1.54, 1.807) is 4.90 Å². The molecule has 2 heterocycles. The maximum atomic E-state index is 13.1. The van der Waals surface area contributed by atoms with Crippen molar-refractivity contribution in [1.82, 2.24) is 19.6 Å². The topological polar surface area (TPSA) is 41.4 Å². The highest BCUT2D eigenvalue weighted by Crippen LogP contribution is 2.25. The second-order valence-corrected chi connectivity index (χ2v) is 6.84. The van der Waals surface area contributed by atoms with Crippen molar-refractivity contribution in [2.45, 2.75) is 32.9 Å². The van der Waals surface area contributed by atoms with Gasteiger partial charge in [0.1, 0.15) is 17.9 Å². The molecule has 0 aliphatic carbocycles. The van der Waals surface area contributed by atoms with Crippen LogP contribution in [0.15, 0.2) is 30.3 Å².